The van der Waals surface area contributed by atoms with Crippen LogP contribution in [0, 0.1) is 17.6 Å². The van der Waals surface area contributed by atoms with Gasteiger partial charge < -0.3 is 15.0 Å². The van der Waals surface area contributed by atoms with Gasteiger partial charge in [0.15, 0.2) is 18.2 Å². The minimum atomic E-state index is -1.01. The first-order valence-electron chi connectivity index (χ1n) is 8.74. The number of amides is 2. The summed E-state index contributed by atoms with van der Waals surface area (Å²) in [5.74, 6) is -2.00. The SMILES string of the molecule is O=C(Nc1ccc(F)c(F)c1)C1CCN(C(=O)COc2ccccc2)CC1. The van der Waals surface area contributed by atoms with Gasteiger partial charge in [-0.05, 0) is 37.1 Å². The fourth-order valence-electron chi connectivity index (χ4n) is 2.96. The molecule has 0 radical (unpaired) electrons. The first kappa shape index (κ1) is 18.8. The maximum absolute atomic E-state index is 13.2. The highest BCUT2D eigenvalue weighted by molar-refractivity contribution is 5.92. The van der Waals surface area contributed by atoms with Crippen molar-refractivity contribution in [2.45, 2.75) is 12.8 Å². The third kappa shape index (κ3) is 5.03. The third-order valence-corrected chi connectivity index (χ3v) is 4.51. The van der Waals surface area contributed by atoms with Crippen LogP contribution in [0.25, 0.3) is 0 Å². The molecule has 0 bridgehead atoms. The minimum Gasteiger partial charge on any atom is -0.484 e. The van der Waals surface area contributed by atoms with E-state index < -0.39 is 11.6 Å². The Bertz CT molecular complexity index is 806. The highest BCUT2D eigenvalue weighted by Crippen LogP contribution is 2.21. The highest BCUT2D eigenvalue weighted by atomic mass is 19.2. The van der Waals surface area contributed by atoms with Gasteiger partial charge in [-0.1, -0.05) is 18.2 Å². The number of likely N-dealkylation sites (tertiary alicyclic amines) is 1. The number of ether oxygens (including phenoxy) is 1. The van der Waals surface area contributed by atoms with Crippen molar-refractivity contribution in [3.63, 3.8) is 0 Å². The number of hydrogen-bond donors (Lipinski definition) is 1. The molecule has 1 N–H and O–H groups in total. The number of para-hydroxylation sites is 1. The van der Waals surface area contributed by atoms with E-state index in [0.29, 0.717) is 31.7 Å². The zero-order valence-electron chi connectivity index (χ0n) is 14.7. The second-order valence-electron chi connectivity index (χ2n) is 6.37. The number of hydrogen-bond acceptors (Lipinski definition) is 3. The largest absolute Gasteiger partial charge is 0.484 e. The average molecular weight is 374 g/mol. The van der Waals surface area contributed by atoms with Crippen LogP contribution >= 0.6 is 0 Å². The number of carbonyl (C=O) groups is 2. The quantitative estimate of drug-likeness (QED) is 0.874. The van der Waals surface area contributed by atoms with E-state index in [1.54, 1.807) is 17.0 Å². The first-order chi connectivity index (χ1) is 13.0. The number of anilines is 1. The summed E-state index contributed by atoms with van der Waals surface area (Å²) in [5.41, 5.74) is 0.216. The molecule has 27 heavy (non-hydrogen) atoms. The van der Waals surface area contributed by atoms with Gasteiger partial charge in [-0.2, -0.15) is 0 Å². The number of rotatable bonds is 5. The molecule has 0 atom stereocenters. The van der Waals surface area contributed by atoms with Gasteiger partial charge in [-0.15, -0.1) is 0 Å². The molecule has 1 saturated heterocycles. The molecule has 142 valence electrons. The van der Waals surface area contributed by atoms with E-state index >= 15 is 0 Å². The van der Waals surface area contributed by atoms with Crippen molar-refractivity contribution in [1.82, 2.24) is 4.90 Å². The van der Waals surface area contributed by atoms with Crippen LogP contribution in [0.5, 0.6) is 5.75 Å². The number of halogens is 2. The van der Waals surface area contributed by atoms with E-state index in [4.69, 9.17) is 4.74 Å². The van der Waals surface area contributed by atoms with E-state index in [1.165, 1.54) is 6.07 Å². The van der Waals surface area contributed by atoms with Crippen LogP contribution in [0.4, 0.5) is 14.5 Å². The summed E-state index contributed by atoms with van der Waals surface area (Å²) in [5, 5.41) is 2.60. The van der Waals surface area contributed by atoms with Crippen LogP contribution in [-0.4, -0.2) is 36.4 Å². The summed E-state index contributed by atoms with van der Waals surface area (Å²) in [4.78, 5) is 26.2. The van der Waals surface area contributed by atoms with Gasteiger partial charge in [0.05, 0.1) is 0 Å². The number of nitrogens with one attached hydrogen (secondary N) is 1. The Kier molecular flexibility index (Phi) is 6.01. The second kappa shape index (κ2) is 8.62. The van der Waals surface area contributed by atoms with Crippen molar-refractivity contribution < 1.29 is 23.1 Å². The molecule has 7 heteroatoms. The number of piperidine rings is 1. The molecule has 1 fully saturated rings. The molecule has 0 saturated carbocycles. The van der Waals surface area contributed by atoms with Gasteiger partial charge in [0.25, 0.3) is 5.91 Å². The summed E-state index contributed by atoms with van der Waals surface area (Å²) in [6, 6.07) is 12.3. The second-order valence-corrected chi connectivity index (χ2v) is 6.37. The Labute approximate surface area is 155 Å². The van der Waals surface area contributed by atoms with E-state index in [9.17, 15) is 18.4 Å². The van der Waals surface area contributed by atoms with Gasteiger partial charge in [0.2, 0.25) is 5.91 Å². The van der Waals surface area contributed by atoms with Crippen LogP contribution in [0.15, 0.2) is 48.5 Å². The van der Waals surface area contributed by atoms with Crippen molar-refractivity contribution in [3.8, 4) is 5.75 Å². The Morgan fingerprint density at radius 1 is 1.04 bits per heavy atom. The van der Waals surface area contributed by atoms with Crippen molar-refractivity contribution in [1.29, 1.82) is 0 Å². The summed E-state index contributed by atoms with van der Waals surface area (Å²) in [6.07, 6.45) is 1.01. The highest BCUT2D eigenvalue weighted by Gasteiger charge is 2.27. The minimum absolute atomic E-state index is 0.0459. The lowest BCUT2D eigenvalue weighted by molar-refractivity contribution is -0.136. The standard InChI is InChI=1S/C20H20F2N2O3/c21-17-7-6-15(12-18(17)22)23-20(26)14-8-10-24(11-9-14)19(25)13-27-16-4-2-1-3-5-16/h1-7,12,14H,8-11,13H2,(H,23,26). The first-order valence-corrected chi connectivity index (χ1v) is 8.74. The van der Waals surface area contributed by atoms with Crippen molar-refractivity contribution in [2.75, 3.05) is 25.0 Å². The Morgan fingerprint density at radius 2 is 1.74 bits per heavy atom. The van der Waals surface area contributed by atoms with Gasteiger partial charge in [-0.3, -0.25) is 9.59 Å². The summed E-state index contributed by atoms with van der Waals surface area (Å²) in [6.45, 7) is 0.857. The molecule has 0 aromatic heterocycles. The number of carbonyl (C=O) groups excluding carboxylic acids is 2. The van der Waals surface area contributed by atoms with E-state index in [2.05, 4.69) is 5.32 Å². The lowest BCUT2D eigenvalue weighted by Crippen LogP contribution is -2.43. The summed E-state index contributed by atoms with van der Waals surface area (Å²) >= 11 is 0. The van der Waals surface area contributed by atoms with Gasteiger partial charge in [0, 0.05) is 30.8 Å². The molecule has 2 aromatic rings. The van der Waals surface area contributed by atoms with Gasteiger partial charge >= 0.3 is 0 Å². The zero-order chi connectivity index (χ0) is 19.2. The third-order valence-electron chi connectivity index (χ3n) is 4.51. The van der Waals surface area contributed by atoms with Gasteiger partial charge in [-0.25, -0.2) is 8.78 Å². The van der Waals surface area contributed by atoms with Crippen LogP contribution in [0.3, 0.4) is 0 Å². The normalized spacial score (nSPS) is 14.7. The number of nitrogens with zero attached hydrogens (tertiary/aromatic N) is 1. The van der Waals surface area contributed by atoms with Crippen molar-refractivity contribution in [3.05, 3.63) is 60.2 Å². The Morgan fingerprint density at radius 3 is 2.41 bits per heavy atom. The molecule has 0 aliphatic carbocycles. The molecule has 0 unspecified atom stereocenters. The van der Waals surface area contributed by atoms with Crippen molar-refractivity contribution in [2.24, 2.45) is 5.92 Å². The predicted molar refractivity (Wildman–Crippen MR) is 96.2 cm³/mol. The van der Waals surface area contributed by atoms with Crippen LogP contribution < -0.4 is 10.1 Å². The smallest absolute Gasteiger partial charge is 0.260 e. The van der Waals surface area contributed by atoms with E-state index in [0.717, 1.165) is 12.1 Å². The average Bonchev–Trinajstić information content (AvgIpc) is 2.70. The lowest BCUT2D eigenvalue weighted by Gasteiger charge is -2.31. The summed E-state index contributed by atoms with van der Waals surface area (Å²) in [7, 11) is 0. The lowest BCUT2D eigenvalue weighted by atomic mass is 9.95. The molecule has 1 aliphatic rings. The van der Waals surface area contributed by atoms with E-state index in [-0.39, 0.29) is 30.0 Å². The molecule has 2 amide bonds. The Hall–Kier alpha value is -2.96. The topological polar surface area (TPSA) is 58.6 Å². The maximum Gasteiger partial charge on any atom is 0.260 e. The van der Waals surface area contributed by atoms with Crippen LogP contribution in [0.1, 0.15) is 12.8 Å². The summed E-state index contributed by atoms with van der Waals surface area (Å²) < 4.78 is 31.6. The Balaban J connectivity index is 1.45. The van der Waals surface area contributed by atoms with Crippen molar-refractivity contribution >= 4 is 17.5 Å². The molecule has 1 aliphatic heterocycles. The molecular weight excluding hydrogens is 354 g/mol. The molecule has 1 heterocycles. The molecule has 5 nitrogen and oxygen atoms in total. The number of benzene rings is 2. The fourth-order valence-corrected chi connectivity index (χ4v) is 2.96. The van der Waals surface area contributed by atoms with Crippen LogP contribution in [-0.2, 0) is 9.59 Å². The maximum atomic E-state index is 13.2. The molecule has 3 rings (SSSR count). The van der Waals surface area contributed by atoms with E-state index in [1.807, 2.05) is 18.2 Å². The molecular formula is C20H20F2N2O3. The predicted octanol–water partition coefficient (Wildman–Crippen LogP) is 3.22. The fraction of sp³-hybridized carbons (Fsp3) is 0.300. The van der Waals surface area contributed by atoms with Gasteiger partial charge in [0.1, 0.15) is 5.75 Å². The molecule has 0 spiro atoms. The zero-order valence-corrected chi connectivity index (χ0v) is 14.7. The monoisotopic (exact) mass is 374 g/mol. The molecule has 2 aromatic carbocycles. The van der Waals surface area contributed by atoms with Crippen LogP contribution in [0.2, 0.25) is 0 Å².